The van der Waals surface area contributed by atoms with Gasteiger partial charge in [0.1, 0.15) is 6.54 Å². The molecule has 5 nitrogen and oxygen atoms in total. The molecule has 24 heavy (non-hydrogen) atoms. The van der Waals surface area contributed by atoms with Crippen molar-refractivity contribution in [1.82, 2.24) is 4.90 Å². The third kappa shape index (κ3) is 3.94. The Morgan fingerprint density at radius 1 is 1.00 bits per heavy atom. The van der Waals surface area contributed by atoms with Crippen LogP contribution in [0.1, 0.15) is 12.5 Å². The van der Waals surface area contributed by atoms with Crippen LogP contribution in [0.3, 0.4) is 0 Å². The molecular formula is C18H22N2O3S. The van der Waals surface area contributed by atoms with Gasteiger partial charge in [0, 0.05) is 13.6 Å². The standard InChI is InChI=1S/C18H22N2O3S/c1-4-19(3)18(21)14-20(16-8-6-5-7-9-16)24(22,23)17-12-10-15(2)11-13-17/h5-13H,4,14H2,1-3H3. The van der Waals surface area contributed by atoms with E-state index in [1.807, 2.05) is 13.8 Å². The van der Waals surface area contributed by atoms with Gasteiger partial charge in [-0.1, -0.05) is 35.9 Å². The largest absolute Gasteiger partial charge is 0.344 e. The van der Waals surface area contributed by atoms with Crippen LogP contribution >= 0.6 is 0 Å². The van der Waals surface area contributed by atoms with Crippen molar-refractivity contribution in [3.63, 3.8) is 0 Å². The van der Waals surface area contributed by atoms with E-state index in [0.717, 1.165) is 9.87 Å². The minimum atomic E-state index is -3.82. The number of carbonyl (C=O) groups excluding carboxylic acids is 1. The van der Waals surface area contributed by atoms with E-state index < -0.39 is 10.0 Å². The summed E-state index contributed by atoms with van der Waals surface area (Å²) in [7, 11) is -2.17. The van der Waals surface area contributed by atoms with Crippen LogP contribution in [0.25, 0.3) is 0 Å². The predicted molar refractivity (Wildman–Crippen MR) is 95.5 cm³/mol. The molecule has 0 aliphatic carbocycles. The van der Waals surface area contributed by atoms with Gasteiger partial charge in [-0.2, -0.15) is 0 Å². The molecule has 1 amide bonds. The summed E-state index contributed by atoms with van der Waals surface area (Å²) < 4.78 is 27.3. The molecule has 0 N–H and O–H groups in total. The molecule has 0 fully saturated rings. The number of rotatable bonds is 6. The van der Waals surface area contributed by atoms with Crippen molar-refractivity contribution in [2.45, 2.75) is 18.7 Å². The summed E-state index contributed by atoms with van der Waals surface area (Å²) in [4.78, 5) is 14.0. The second kappa shape index (κ2) is 7.49. The van der Waals surface area contributed by atoms with E-state index in [-0.39, 0.29) is 17.3 Å². The number of carbonyl (C=O) groups is 1. The monoisotopic (exact) mass is 346 g/mol. The van der Waals surface area contributed by atoms with E-state index in [1.54, 1.807) is 61.6 Å². The molecule has 0 aliphatic heterocycles. The van der Waals surface area contributed by atoms with Gasteiger partial charge in [0.25, 0.3) is 10.0 Å². The summed E-state index contributed by atoms with van der Waals surface area (Å²) in [6.07, 6.45) is 0. The van der Waals surface area contributed by atoms with Gasteiger partial charge in [-0.15, -0.1) is 0 Å². The number of para-hydroxylation sites is 1. The lowest BCUT2D eigenvalue weighted by Gasteiger charge is -2.26. The van der Waals surface area contributed by atoms with Gasteiger partial charge < -0.3 is 4.90 Å². The maximum Gasteiger partial charge on any atom is 0.264 e. The highest BCUT2D eigenvalue weighted by Gasteiger charge is 2.27. The van der Waals surface area contributed by atoms with Gasteiger partial charge >= 0.3 is 0 Å². The molecule has 0 spiro atoms. The Hall–Kier alpha value is -2.34. The van der Waals surface area contributed by atoms with Crippen LogP contribution in [0.4, 0.5) is 5.69 Å². The quantitative estimate of drug-likeness (QED) is 0.808. The normalized spacial score (nSPS) is 11.1. The zero-order valence-corrected chi connectivity index (χ0v) is 15.0. The summed E-state index contributed by atoms with van der Waals surface area (Å²) in [6, 6.07) is 15.3. The average Bonchev–Trinajstić information content (AvgIpc) is 2.59. The van der Waals surface area contributed by atoms with Gasteiger partial charge in [0.2, 0.25) is 5.91 Å². The molecule has 0 saturated carbocycles. The average molecular weight is 346 g/mol. The summed E-state index contributed by atoms with van der Waals surface area (Å²) in [5, 5.41) is 0. The molecule has 6 heteroatoms. The van der Waals surface area contributed by atoms with E-state index in [1.165, 1.54) is 4.90 Å². The van der Waals surface area contributed by atoms with E-state index in [2.05, 4.69) is 0 Å². The number of likely N-dealkylation sites (N-methyl/N-ethyl adjacent to an activating group) is 1. The second-order valence-corrected chi connectivity index (χ2v) is 7.43. The van der Waals surface area contributed by atoms with Gasteiger partial charge in [-0.3, -0.25) is 9.10 Å². The fraction of sp³-hybridized carbons (Fsp3) is 0.278. The van der Waals surface area contributed by atoms with Crippen LogP contribution in [0, 0.1) is 6.92 Å². The van der Waals surface area contributed by atoms with Gasteiger partial charge in [-0.05, 0) is 38.1 Å². The first-order valence-electron chi connectivity index (χ1n) is 7.74. The van der Waals surface area contributed by atoms with Crippen molar-refractivity contribution in [3.8, 4) is 0 Å². The van der Waals surface area contributed by atoms with Crippen molar-refractivity contribution < 1.29 is 13.2 Å². The molecule has 0 atom stereocenters. The third-order valence-electron chi connectivity index (χ3n) is 3.83. The number of nitrogens with zero attached hydrogens (tertiary/aromatic N) is 2. The molecular weight excluding hydrogens is 324 g/mol. The highest BCUT2D eigenvalue weighted by atomic mass is 32.2. The molecule has 2 aromatic carbocycles. The van der Waals surface area contributed by atoms with Crippen LogP contribution in [0.5, 0.6) is 0 Å². The van der Waals surface area contributed by atoms with Crippen LogP contribution in [-0.2, 0) is 14.8 Å². The maximum absolute atomic E-state index is 13.0. The van der Waals surface area contributed by atoms with Crippen molar-refractivity contribution in [1.29, 1.82) is 0 Å². The summed E-state index contributed by atoms with van der Waals surface area (Å²) in [5.41, 5.74) is 1.44. The first-order chi connectivity index (χ1) is 11.4. The van der Waals surface area contributed by atoms with E-state index in [9.17, 15) is 13.2 Å². The number of amides is 1. The van der Waals surface area contributed by atoms with Gasteiger partial charge in [-0.25, -0.2) is 8.42 Å². The van der Waals surface area contributed by atoms with Gasteiger partial charge in [0.05, 0.1) is 10.6 Å². The Morgan fingerprint density at radius 3 is 2.12 bits per heavy atom. The van der Waals surface area contributed by atoms with E-state index in [4.69, 9.17) is 0 Å². The fourth-order valence-electron chi connectivity index (χ4n) is 2.17. The first kappa shape index (κ1) is 18.0. The molecule has 0 unspecified atom stereocenters. The van der Waals surface area contributed by atoms with Crippen molar-refractivity contribution in [2.24, 2.45) is 0 Å². The maximum atomic E-state index is 13.0. The highest BCUT2D eigenvalue weighted by molar-refractivity contribution is 7.92. The summed E-state index contributed by atoms with van der Waals surface area (Å²) in [6.45, 7) is 4.03. The van der Waals surface area contributed by atoms with Crippen LogP contribution < -0.4 is 4.31 Å². The number of aryl methyl sites for hydroxylation is 1. The molecule has 0 bridgehead atoms. The van der Waals surface area contributed by atoms with Crippen LogP contribution in [0.2, 0.25) is 0 Å². The zero-order valence-electron chi connectivity index (χ0n) is 14.1. The Morgan fingerprint density at radius 2 is 1.58 bits per heavy atom. The summed E-state index contributed by atoms with van der Waals surface area (Å²) in [5.74, 6) is -0.253. The smallest absolute Gasteiger partial charge is 0.264 e. The topological polar surface area (TPSA) is 57.7 Å². The van der Waals surface area contributed by atoms with E-state index in [0.29, 0.717) is 12.2 Å². The number of hydrogen-bond acceptors (Lipinski definition) is 3. The molecule has 0 aromatic heterocycles. The molecule has 2 aromatic rings. The Labute approximate surface area is 143 Å². The van der Waals surface area contributed by atoms with Crippen LogP contribution in [-0.4, -0.2) is 39.4 Å². The number of anilines is 1. The summed E-state index contributed by atoms with van der Waals surface area (Å²) >= 11 is 0. The van der Waals surface area contributed by atoms with E-state index >= 15 is 0 Å². The molecule has 0 radical (unpaired) electrons. The first-order valence-corrected chi connectivity index (χ1v) is 9.18. The van der Waals surface area contributed by atoms with Crippen molar-refractivity contribution in [2.75, 3.05) is 24.4 Å². The SMILES string of the molecule is CCN(C)C(=O)CN(c1ccccc1)S(=O)(=O)c1ccc(C)cc1. The highest BCUT2D eigenvalue weighted by Crippen LogP contribution is 2.23. The molecule has 0 heterocycles. The minimum absolute atomic E-state index is 0.170. The second-order valence-electron chi connectivity index (χ2n) is 5.57. The molecule has 0 aliphatic rings. The number of benzene rings is 2. The van der Waals surface area contributed by atoms with Crippen molar-refractivity contribution >= 4 is 21.6 Å². The van der Waals surface area contributed by atoms with Gasteiger partial charge in [0.15, 0.2) is 0 Å². The number of hydrogen-bond donors (Lipinski definition) is 0. The Bertz CT molecular complexity index is 787. The Kier molecular flexibility index (Phi) is 5.62. The lowest BCUT2D eigenvalue weighted by molar-refractivity contribution is -0.128. The molecule has 0 saturated heterocycles. The lowest BCUT2D eigenvalue weighted by Crippen LogP contribution is -2.41. The zero-order chi connectivity index (χ0) is 17.7. The molecule has 128 valence electrons. The predicted octanol–water partition coefficient (Wildman–Crippen LogP) is 2.67. The molecule has 2 rings (SSSR count). The third-order valence-corrected chi connectivity index (χ3v) is 5.62. The van der Waals surface area contributed by atoms with Crippen LogP contribution in [0.15, 0.2) is 59.5 Å². The Balaban J connectivity index is 2.45. The lowest BCUT2D eigenvalue weighted by atomic mass is 10.2. The number of sulfonamides is 1. The fourth-order valence-corrected chi connectivity index (χ4v) is 3.58. The minimum Gasteiger partial charge on any atom is -0.344 e. The van der Waals surface area contributed by atoms with Crippen molar-refractivity contribution in [3.05, 3.63) is 60.2 Å².